The molecule has 0 aromatic heterocycles. The van der Waals surface area contributed by atoms with Crippen molar-refractivity contribution in [3.63, 3.8) is 0 Å². The van der Waals surface area contributed by atoms with Crippen molar-refractivity contribution in [2.75, 3.05) is 0 Å². The van der Waals surface area contributed by atoms with Gasteiger partial charge < -0.3 is 5.21 Å². The highest BCUT2D eigenvalue weighted by Crippen LogP contribution is 2.06. The lowest BCUT2D eigenvalue weighted by molar-refractivity contribution is 0.117. The molecule has 1 unspecified atom stereocenters. The molecule has 0 aliphatic carbocycles. The Kier molecular flexibility index (Phi) is 7.78. The monoisotopic (exact) mass is 167 g/mol. The first kappa shape index (κ1) is 11.2. The molecule has 12 heavy (non-hydrogen) atoms. The largest absolute Gasteiger partial charge is 0.317 e. The average Bonchev–Trinajstić information content (AvgIpc) is 2.11. The summed E-state index contributed by atoms with van der Waals surface area (Å²) in [6.07, 6.45) is 11.5. The molecule has 0 saturated carbocycles. The van der Waals surface area contributed by atoms with E-state index in [9.17, 15) is 0 Å². The average molecular weight is 167 g/mol. The van der Waals surface area contributed by atoms with Crippen LogP contribution in [0.4, 0.5) is 0 Å². The van der Waals surface area contributed by atoms with Crippen LogP contribution in [0.2, 0.25) is 0 Å². The normalized spacial score (nSPS) is 12.0. The van der Waals surface area contributed by atoms with E-state index in [0.29, 0.717) is 0 Å². The zero-order valence-corrected chi connectivity index (χ0v) is 7.42. The van der Waals surface area contributed by atoms with Crippen LogP contribution < -0.4 is 5.48 Å². The van der Waals surface area contributed by atoms with Gasteiger partial charge in [-0.2, -0.15) is 0 Å². The van der Waals surface area contributed by atoms with Gasteiger partial charge in [-0.3, -0.25) is 0 Å². The van der Waals surface area contributed by atoms with Gasteiger partial charge in [0.15, 0.2) is 0 Å². The first-order valence-corrected chi connectivity index (χ1v) is 4.29. The van der Waals surface area contributed by atoms with Gasteiger partial charge >= 0.3 is 0 Å². The summed E-state index contributed by atoms with van der Waals surface area (Å²) in [6, 6.07) is 0.163. The third-order valence-corrected chi connectivity index (χ3v) is 1.78. The van der Waals surface area contributed by atoms with E-state index in [4.69, 9.17) is 11.6 Å². The van der Waals surface area contributed by atoms with E-state index in [0.717, 1.165) is 32.1 Å². The molecular weight excluding hydrogens is 150 g/mol. The molecule has 0 aliphatic heterocycles. The Labute approximate surface area is 74.6 Å². The summed E-state index contributed by atoms with van der Waals surface area (Å²) in [5.74, 6) is 2.57. The topological polar surface area (TPSA) is 32.3 Å². The molecule has 0 amide bonds. The van der Waals surface area contributed by atoms with E-state index in [1.807, 2.05) is 6.08 Å². The van der Waals surface area contributed by atoms with Crippen molar-refractivity contribution in [1.82, 2.24) is 5.48 Å². The molecule has 0 aromatic rings. The molecule has 0 saturated heterocycles. The second kappa shape index (κ2) is 8.32. The molecule has 2 N–H and O–H groups in total. The molecule has 0 bridgehead atoms. The van der Waals surface area contributed by atoms with Crippen LogP contribution >= 0.6 is 0 Å². The number of allylic oxidation sites excluding steroid dienone is 1. The fourth-order valence-corrected chi connectivity index (χ4v) is 1.04. The van der Waals surface area contributed by atoms with Gasteiger partial charge in [0.2, 0.25) is 0 Å². The lowest BCUT2D eigenvalue weighted by Crippen LogP contribution is -2.25. The lowest BCUT2D eigenvalue weighted by Gasteiger charge is -2.12. The highest BCUT2D eigenvalue weighted by atomic mass is 16.5. The fourth-order valence-electron chi connectivity index (χ4n) is 1.04. The van der Waals surface area contributed by atoms with Crippen molar-refractivity contribution in [3.05, 3.63) is 12.7 Å². The van der Waals surface area contributed by atoms with Crippen LogP contribution in [0.25, 0.3) is 0 Å². The van der Waals surface area contributed by atoms with Gasteiger partial charge in [0, 0.05) is 12.5 Å². The van der Waals surface area contributed by atoms with E-state index in [1.165, 1.54) is 0 Å². The highest BCUT2D eigenvalue weighted by Gasteiger charge is 2.04. The SMILES string of the molecule is C#CCCCC(CCC=C)NO. The van der Waals surface area contributed by atoms with Crippen LogP contribution in [0, 0.1) is 12.3 Å². The number of hydrogen-bond acceptors (Lipinski definition) is 2. The zero-order chi connectivity index (χ0) is 9.23. The summed E-state index contributed by atoms with van der Waals surface area (Å²) in [7, 11) is 0. The van der Waals surface area contributed by atoms with Gasteiger partial charge in [-0.25, -0.2) is 5.48 Å². The minimum atomic E-state index is 0.163. The standard InChI is InChI=1S/C10H17NO/c1-3-5-7-9-10(11-12)8-6-4-2/h1,4,10-12H,2,5-9H2. The van der Waals surface area contributed by atoms with Crippen LogP contribution in [-0.2, 0) is 0 Å². The quantitative estimate of drug-likeness (QED) is 0.263. The van der Waals surface area contributed by atoms with Crippen LogP contribution in [0.3, 0.4) is 0 Å². The van der Waals surface area contributed by atoms with Crippen LogP contribution in [-0.4, -0.2) is 11.2 Å². The number of hydroxylamine groups is 1. The van der Waals surface area contributed by atoms with Gasteiger partial charge in [0.05, 0.1) is 0 Å². The van der Waals surface area contributed by atoms with Crippen molar-refractivity contribution < 1.29 is 5.21 Å². The first-order chi connectivity index (χ1) is 5.85. The fraction of sp³-hybridized carbons (Fsp3) is 0.600. The minimum Gasteiger partial charge on any atom is -0.317 e. The van der Waals surface area contributed by atoms with Crippen LogP contribution in [0.1, 0.15) is 32.1 Å². The second-order valence-corrected chi connectivity index (χ2v) is 2.79. The third-order valence-electron chi connectivity index (χ3n) is 1.78. The van der Waals surface area contributed by atoms with E-state index < -0.39 is 0 Å². The number of terminal acetylenes is 1. The molecule has 2 heteroatoms. The maximum Gasteiger partial charge on any atom is 0.0323 e. The Hall–Kier alpha value is -0.780. The number of hydrogen-bond donors (Lipinski definition) is 2. The summed E-state index contributed by atoms with van der Waals surface area (Å²) in [6.45, 7) is 3.62. The third kappa shape index (κ3) is 5.96. The second-order valence-electron chi connectivity index (χ2n) is 2.79. The summed E-state index contributed by atoms with van der Waals surface area (Å²) >= 11 is 0. The van der Waals surface area contributed by atoms with Gasteiger partial charge in [-0.05, 0) is 25.7 Å². The van der Waals surface area contributed by atoms with Crippen LogP contribution in [0.15, 0.2) is 12.7 Å². The maximum atomic E-state index is 8.72. The van der Waals surface area contributed by atoms with Crippen molar-refractivity contribution in [2.24, 2.45) is 0 Å². The summed E-state index contributed by atoms with van der Waals surface area (Å²) < 4.78 is 0. The first-order valence-electron chi connectivity index (χ1n) is 4.29. The Morgan fingerprint density at radius 2 is 2.33 bits per heavy atom. The summed E-state index contributed by atoms with van der Waals surface area (Å²) in [5.41, 5.74) is 2.28. The molecule has 0 aliphatic rings. The molecule has 0 radical (unpaired) electrons. The molecule has 2 nitrogen and oxygen atoms in total. The van der Waals surface area contributed by atoms with Gasteiger partial charge in [-0.1, -0.05) is 6.08 Å². The Morgan fingerprint density at radius 1 is 1.58 bits per heavy atom. The van der Waals surface area contributed by atoms with Crippen molar-refractivity contribution in [1.29, 1.82) is 0 Å². The van der Waals surface area contributed by atoms with Gasteiger partial charge in [0.1, 0.15) is 0 Å². The van der Waals surface area contributed by atoms with Crippen molar-refractivity contribution in [3.8, 4) is 12.3 Å². The molecule has 0 aromatic carbocycles. The summed E-state index contributed by atoms with van der Waals surface area (Å²) in [4.78, 5) is 0. The van der Waals surface area contributed by atoms with Crippen molar-refractivity contribution in [2.45, 2.75) is 38.1 Å². The Bertz CT molecular complexity index is 148. The van der Waals surface area contributed by atoms with Gasteiger partial charge in [-0.15, -0.1) is 18.9 Å². The molecule has 0 spiro atoms. The number of nitrogens with one attached hydrogen (secondary N) is 1. The number of rotatable bonds is 7. The lowest BCUT2D eigenvalue weighted by atomic mass is 10.1. The predicted molar refractivity (Wildman–Crippen MR) is 50.8 cm³/mol. The van der Waals surface area contributed by atoms with Crippen molar-refractivity contribution >= 4 is 0 Å². The molecule has 1 atom stereocenters. The van der Waals surface area contributed by atoms with E-state index in [2.05, 4.69) is 18.0 Å². The molecule has 0 fully saturated rings. The molecular formula is C10H17NO. The van der Waals surface area contributed by atoms with E-state index in [1.54, 1.807) is 0 Å². The summed E-state index contributed by atoms with van der Waals surface area (Å²) in [5, 5.41) is 8.72. The van der Waals surface area contributed by atoms with Crippen LogP contribution in [0.5, 0.6) is 0 Å². The predicted octanol–water partition coefficient (Wildman–Crippen LogP) is 2.10. The minimum absolute atomic E-state index is 0.163. The number of unbranched alkanes of at least 4 members (excludes halogenated alkanes) is 1. The zero-order valence-electron chi connectivity index (χ0n) is 7.42. The van der Waals surface area contributed by atoms with Gasteiger partial charge in [0.25, 0.3) is 0 Å². The highest BCUT2D eigenvalue weighted by molar-refractivity contribution is 4.83. The molecule has 0 heterocycles. The van der Waals surface area contributed by atoms with E-state index in [-0.39, 0.29) is 6.04 Å². The Balaban J connectivity index is 3.40. The Morgan fingerprint density at radius 3 is 2.83 bits per heavy atom. The maximum absolute atomic E-state index is 8.72. The van der Waals surface area contributed by atoms with E-state index >= 15 is 0 Å². The molecule has 0 rings (SSSR count). The molecule has 68 valence electrons. The smallest absolute Gasteiger partial charge is 0.0323 e.